The Balaban J connectivity index is 1.30. The molecule has 3 heterocycles. The van der Waals surface area contributed by atoms with Gasteiger partial charge in [-0.1, -0.05) is 0 Å². The van der Waals surface area contributed by atoms with Gasteiger partial charge in [0.2, 0.25) is 17.7 Å². The van der Waals surface area contributed by atoms with Crippen molar-refractivity contribution in [2.24, 2.45) is 0 Å². The van der Waals surface area contributed by atoms with E-state index in [1.807, 2.05) is 16.8 Å². The van der Waals surface area contributed by atoms with Crippen LogP contribution in [0, 0.1) is 11.6 Å². The first-order chi connectivity index (χ1) is 14.0. The summed E-state index contributed by atoms with van der Waals surface area (Å²) in [5.74, 6) is -0.672. The summed E-state index contributed by atoms with van der Waals surface area (Å²) in [7, 11) is 0. The van der Waals surface area contributed by atoms with Gasteiger partial charge in [-0.05, 0) is 29.1 Å². The summed E-state index contributed by atoms with van der Waals surface area (Å²) in [6.07, 6.45) is 2.38. The lowest BCUT2D eigenvalue weighted by molar-refractivity contribution is -0.116. The predicted molar refractivity (Wildman–Crippen MR) is 106 cm³/mol. The van der Waals surface area contributed by atoms with Crippen molar-refractivity contribution in [2.45, 2.75) is 19.3 Å². The zero-order valence-electron chi connectivity index (χ0n) is 14.9. The van der Waals surface area contributed by atoms with Crippen LogP contribution in [0.25, 0.3) is 11.5 Å². The van der Waals surface area contributed by atoms with E-state index in [1.165, 1.54) is 34.8 Å². The molecule has 0 aliphatic carbocycles. The first-order valence-electron chi connectivity index (χ1n) is 8.59. The molecule has 0 radical (unpaired) electrons. The fourth-order valence-electron chi connectivity index (χ4n) is 2.62. The van der Waals surface area contributed by atoms with Crippen molar-refractivity contribution >= 4 is 33.7 Å². The molecule has 1 amide bonds. The van der Waals surface area contributed by atoms with E-state index in [0.717, 1.165) is 16.5 Å². The maximum atomic E-state index is 13.3. The molecule has 4 aromatic rings. The van der Waals surface area contributed by atoms with Crippen molar-refractivity contribution in [3.8, 4) is 11.5 Å². The highest BCUT2D eigenvalue weighted by Crippen LogP contribution is 2.23. The molecular formula is C19H14F2N4O2S2. The Kier molecular flexibility index (Phi) is 5.72. The summed E-state index contributed by atoms with van der Waals surface area (Å²) in [5.41, 5.74) is 1.36. The fourth-order valence-corrected chi connectivity index (χ4v) is 4.11. The highest BCUT2D eigenvalue weighted by molar-refractivity contribution is 7.15. The van der Waals surface area contributed by atoms with E-state index in [9.17, 15) is 13.6 Å². The molecule has 29 heavy (non-hydrogen) atoms. The van der Waals surface area contributed by atoms with E-state index in [0.29, 0.717) is 35.3 Å². The second kappa shape index (κ2) is 8.58. The van der Waals surface area contributed by atoms with Crippen LogP contribution in [0.3, 0.4) is 0 Å². The van der Waals surface area contributed by atoms with Crippen LogP contribution < -0.4 is 5.32 Å². The molecule has 0 saturated carbocycles. The van der Waals surface area contributed by atoms with Crippen LogP contribution in [-0.2, 0) is 17.6 Å². The van der Waals surface area contributed by atoms with Gasteiger partial charge in [0.05, 0.1) is 0 Å². The Bertz CT molecular complexity index is 1100. The Morgan fingerprint density at radius 2 is 2.00 bits per heavy atom. The maximum Gasteiger partial charge on any atom is 0.248 e. The van der Waals surface area contributed by atoms with E-state index in [1.54, 1.807) is 6.20 Å². The minimum Gasteiger partial charge on any atom is -0.421 e. The molecule has 1 aromatic carbocycles. The lowest BCUT2D eigenvalue weighted by Gasteiger charge is -2.00. The SMILES string of the molecule is O=C(CCc1nnc(-c2ccsc2)o1)Nc1ncc(Cc2cc(F)cc(F)c2)s1. The van der Waals surface area contributed by atoms with E-state index in [4.69, 9.17) is 4.42 Å². The van der Waals surface area contributed by atoms with Crippen LogP contribution in [0.2, 0.25) is 0 Å². The van der Waals surface area contributed by atoms with E-state index >= 15 is 0 Å². The molecule has 0 spiro atoms. The number of rotatable bonds is 7. The number of aromatic nitrogens is 3. The number of thiazole rings is 1. The zero-order valence-corrected chi connectivity index (χ0v) is 16.5. The molecule has 0 unspecified atom stereocenters. The van der Waals surface area contributed by atoms with Gasteiger partial charge in [0.15, 0.2) is 5.13 Å². The first-order valence-corrected chi connectivity index (χ1v) is 10.4. The van der Waals surface area contributed by atoms with Gasteiger partial charge in [-0.15, -0.1) is 21.5 Å². The number of benzene rings is 1. The quantitative estimate of drug-likeness (QED) is 0.458. The van der Waals surface area contributed by atoms with Gasteiger partial charge in [-0.2, -0.15) is 11.3 Å². The largest absolute Gasteiger partial charge is 0.421 e. The molecule has 1 N–H and O–H groups in total. The topological polar surface area (TPSA) is 80.9 Å². The number of hydrogen-bond acceptors (Lipinski definition) is 7. The van der Waals surface area contributed by atoms with Crippen LogP contribution in [-0.4, -0.2) is 21.1 Å². The minimum atomic E-state index is -0.624. The maximum absolute atomic E-state index is 13.3. The van der Waals surface area contributed by atoms with Crippen molar-refractivity contribution < 1.29 is 18.0 Å². The monoisotopic (exact) mass is 432 g/mol. The van der Waals surface area contributed by atoms with Crippen molar-refractivity contribution in [2.75, 3.05) is 5.32 Å². The number of amides is 1. The standard InChI is InChI=1S/C19H14F2N4O2S2/c20-13-5-11(6-14(21)8-13)7-15-9-22-19(29-15)23-16(26)1-2-17-24-25-18(27-17)12-3-4-28-10-12/h3-6,8-10H,1-2,7H2,(H,22,23,26). The molecule has 148 valence electrons. The second-order valence-electron chi connectivity index (χ2n) is 6.15. The summed E-state index contributed by atoms with van der Waals surface area (Å²) in [6, 6.07) is 5.26. The number of aryl methyl sites for hydroxylation is 1. The molecule has 0 saturated heterocycles. The normalized spacial score (nSPS) is 11.0. The Labute approximate surface area is 172 Å². The number of anilines is 1. The lowest BCUT2D eigenvalue weighted by atomic mass is 10.1. The summed E-state index contributed by atoms with van der Waals surface area (Å²) in [4.78, 5) is 17.1. The molecule has 0 aliphatic rings. The van der Waals surface area contributed by atoms with Gasteiger partial charge in [-0.3, -0.25) is 4.79 Å². The van der Waals surface area contributed by atoms with Crippen molar-refractivity contribution in [3.63, 3.8) is 0 Å². The fraction of sp³-hybridized carbons (Fsp3) is 0.158. The molecule has 0 atom stereocenters. The van der Waals surface area contributed by atoms with Crippen LogP contribution in [0.4, 0.5) is 13.9 Å². The minimum absolute atomic E-state index is 0.162. The molecule has 0 aliphatic heterocycles. The number of halogens is 2. The van der Waals surface area contributed by atoms with Crippen molar-refractivity contribution in [1.82, 2.24) is 15.2 Å². The van der Waals surface area contributed by atoms with Crippen LogP contribution in [0.1, 0.15) is 22.8 Å². The van der Waals surface area contributed by atoms with E-state index in [2.05, 4.69) is 20.5 Å². The smallest absolute Gasteiger partial charge is 0.248 e. The number of carbonyl (C=O) groups excluding carboxylic acids is 1. The van der Waals surface area contributed by atoms with Crippen LogP contribution in [0.15, 0.2) is 45.6 Å². The van der Waals surface area contributed by atoms with E-state index in [-0.39, 0.29) is 12.3 Å². The molecular weight excluding hydrogens is 418 g/mol. The van der Waals surface area contributed by atoms with Crippen molar-refractivity contribution in [1.29, 1.82) is 0 Å². The molecule has 0 fully saturated rings. The third-order valence-electron chi connectivity index (χ3n) is 3.90. The predicted octanol–water partition coefficient (Wildman–Crippen LogP) is 4.69. The summed E-state index contributed by atoms with van der Waals surface area (Å²) in [6.45, 7) is 0. The van der Waals surface area contributed by atoms with E-state index < -0.39 is 11.6 Å². The second-order valence-corrected chi connectivity index (χ2v) is 8.04. The van der Waals surface area contributed by atoms with Gasteiger partial charge >= 0.3 is 0 Å². The molecule has 3 aromatic heterocycles. The summed E-state index contributed by atoms with van der Waals surface area (Å²) in [5, 5.41) is 14.9. The van der Waals surface area contributed by atoms with Gasteiger partial charge < -0.3 is 9.73 Å². The highest BCUT2D eigenvalue weighted by atomic mass is 32.1. The van der Waals surface area contributed by atoms with Gasteiger partial charge in [0.25, 0.3) is 0 Å². The Morgan fingerprint density at radius 3 is 2.76 bits per heavy atom. The number of nitrogens with one attached hydrogen (secondary N) is 1. The first kappa shape index (κ1) is 19.3. The molecule has 6 nitrogen and oxygen atoms in total. The van der Waals surface area contributed by atoms with Crippen LogP contribution in [0.5, 0.6) is 0 Å². The Morgan fingerprint density at radius 1 is 1.17 bits per heavy atom. The third-order valence-corrected chi connectivity index (χ3v) is 5.50. The molecule has 0 bridgehead atoms. The van der Waals surface area contributed by atoms with Gasteiger partial charge in [-0.25, -0.2) is 13.8 Å². The number of thiophene rings is 1. The van der Waals surface area contributed by atoms with Gasteiger partial charge in [0, 0.05) is 47.3 Å². The average molecular weight is 432 g/mol. The van der Waals surface area contributed by atoms with Crippen molar-refractivity contribution in [3.05, 3.63) is 69.2 Å². The molecule has 4 rings (SSSR count). The number of hydrogen-bond donors (Lipinski definition) is 1. The summed E-state index contributed by atoms with van der Waals surface area (Å²) < 4.78 is 32.1. The zero-order chi connectivity index (χ0) is 20.2. The van der Waals surface area contributed by atoms with Crippen LogP contribution >= 0.6 is 22.7 Å². The Hall–Kier alpha value is -2.98. The lowest BCUT2D eigenvalue weighted by Crippen LogP contribution is -2.12. The van der Waals surface area contributed by atoms with Gasteiger partial charge in [0.1, 0.15) is 11.6 Å². The number of carbonyl (C=O) groups is 1. The molecule has 10 heteroatoms. The third kappa shape index (κ3) is 5.09. The highest BCUT2D eigenvalue weighted by Gasteiger charge is 2.12. The summed E-state index contributed by atoms with van der Waals surface area (Å²) >= 11 is 2.79. The number of nitrogens with zero attached hydrogens (tertiary/aromatic N) is 3. The average Bonchev–Trinajstić information content (AvgIpc) is 3.41.